The van der Waals surface area contributed by atoms with Crippen LogP contribution in [0.4, 0.5) is 11.4 Å². The molecule has 0 aliphatic heterocycles. The molecule has 8 aromatic carbocycles. The number of rotatable bonds is 13. The molecular weight excluding hydrogens is 1370 g/mol. The summed E-state index contributed by atoms with van der Waals surface area (Å²) in [5.41, 5.74) is 18.5. The van der Waals surface area contributed by atoms with E-state index in [1.165, 1.54) is 33.7 Å². The zero-order valence-electron chi connectivity index (χ0n) is 52.9. The van der Waals surface area contributed by atoms with Gasteiger partial charge in [0.2, 0.25) is 0 Å². The van der Waals surface area contributed by atoms with Crippen molar-refractivity contribution in [1.82, 2.24) is 0 Å². The van der Waals surface area contributed by atoms with Crippen molar-refractivity contribution in [3.8, 4) is 0 Å². The van der Waals surface area contributed by atoms with Crippen molar-refractivity contribution in [3.05, 3.63) is 350 Å². The number of unbranched alkanes of at least 4 members (excludes halogenated alkanes) is 1. The van der Waals surface area contributed by atoms with Crippen molar-refractivity contribution < 1.29 is 51.7 Å². The van der Waals surface area contributed by atoms with Gasteiger partial charge in [-0.15, -0.1) is 95.6 Å². The van der Waals surface area contributed by atoms with Gasteiger partial charge in [0.05, 0.1) is 0 Å². The van der Waals surface area contributed by atoms with Crippen LogP contribution < -0.4 is 0 Å². The van der Waals surface area contributed by atoms with Gasteiger partial charge < -0.3 is 10.6 Å². The molecule has 450 valence electrons. The number of allylic oxidation sites excluding steroid dienone is 4. The second kappa shape index (κ2) is 43.7. The number of benzene rings is 8. The molecule has 6 heteroatoms. The van der Waals surface area contributed by atoms with Crippen LogP contribution in [0, 0.1) is 41.5 Å². The molecule has 0 heterocycles. The molecule has 0 fully saturated rings. The molecule has 0 bridgehead atoms. The quantitative estimate of drug-likeness (QED) is 0.0628. The number of para-hydroxylation sites is 2. The van der Waals surface area contributed by atoms with E-state index in [1.807, 2.05) is 182 Å². The first-order valence-electron chi connectivity index (χ1n) is 29.9. The second-order valence-electron chi connectivity index (χ2n) is 21.9. The van der Waals surface area contributed by atoms with E-state index in [9.17, 15) is 0 Å². The smallest absolute Gasteiger partial charge is 0.0392 e. The molecule has 0 N–H and O–H groups in total. The van der Waals surface area contributed by atoms with Crippen molar-refractivity contribution in [2.24, 2.45) is 9.98 Å². The van der Waals surface area contributed by atoms with Crippen LogP contribution in [0.1, 0.15) is 173 Å². The summed E-state index contributed by atoms with van der Waals surface area (Å²) in [5, 5.41) is 10.4. The van der Waals surface area contributed by atoms with Gasteiger partial charge in [0.25, 0.3) is 0 Å². The topological polar surface area (TPSA) is 52.9 Å². The standard InChI is InChI=1S/C38H52N4.6C7H7.2Hf/c1-25(2)29-15-11-16-30(26(3)4)37(29)41-35-21-13-19-33(35)39-23-9-10-24-40-34-20-14-22-36(34)42-38-31(27(5)6)17-12-18-32(38)28(7)8;6*1-7-5-3-2-4-6-7;;/h11-12,15-18,21-22,25-28H,9-10,13-14,19-20,23-24H2,1-8H3;6*2-6H,1H2;;/q-2;6*-1;;. The molecule has 0 aromatic heterocycles. The summed E-state index contributed by atoms with van der Waals surface area (Å²) in [5.74, 6) is 1.77. The summed E-state index contributed by atoms with van der Waals surface area (Å²) < 4.78 is 0. The van der Waals surface area contributed by atoms with Crippen molar-refractivity contribution in [2.45, 2.75) is 118 Å². The van der Waals surface area contributed by atoms with Gasteiger partial charge in [-0.1, -0.05) is 163 Å². The molecule has 0 amide bonds. The third kappa shape index (κ3) is 30.0. The monoisotopic (exact) mass is 1470 g/mol. The molecule has 2 aliphatic carbocycles. The van der Waals surface area contributed by atoms with Crippen LogP contribution in [-0.4, -0.2) is 24.5 Å². The van der Waals surface area contributed by atoms with Gasteiger partial charge in [-0.2, -0.15) is 148 Å². The molecule has 0 unspecified atom stereocenters. The van der Waals surface area contributed by atoms with Crippen LogP contribution in [0.15, 0.2) is 252 Å². The Morgan fingerprint density at radius 1 is 0.314 bits per heavy atom. The zero-order valence-corrected chi connectivity index (χ0v) is 60.1. The predicted molar refractivity (Wildman–Crippen MR) is 369 cm³/mol. The van der Waals surface area contributed by atoms with Crippen LogP contribution >= 0.6 is 0 Å². The molecule has 0 spiro atoms. The first kappa shape index (κ1) is 75.2. The number of aliphatic imine (C=N–C) groups is 2. The van der Waals surface area contributed by atoms with Crippen LogP contribution in [0.3, 0.4) is 0 Å². The largest absolute Gasteiger partial charge is 0.656 e. The summed E-state index contributed by atoms with van der Waals surface area (Å²) in [6.45, 7) is 42.0. The summed E-state index contributed by atoms with van der Waals surface area (Å²) >= 11 is 0. The van der Waals surface area contributed by atoms with Gasteiger partial charge >= 0.3 is 0 Å². The van der Waals surface area contributed by atoms with Crippen LogP contribution in [0.2, 0.25) is 0 Å². The van der Waals surface area contributed by atoms with E-state index in [2.05, 4.69) is 145 Å². The fourth-order valence-corrected chi connectivity index (χ4v) is 8.77. The fraction of sp³-hybridized carbons (Fsp3) is 0.250. The molecule has 10 rings (SSSR count). The van der Waals surface area contributed by atoms with E-state index < -0.39 is 0 Å². The first-order chi connectivity index (χ1) is 40.5. The number of hydrogen-bond donors (Lipinski definition) is 0. The second-order valence-corrected chi connectivity index (χ2v) is 21.9. The molecule has 86 heavy (non-hydrogen) atoms. The summed E-state index contributed by atoms with van der Waals surface area (Å²) in [7, 11) is 0. The van der Waals surface area contributed by atoms with E-state index in [0.717, 1.165) is 108 Å². The number of hydrogen-bond acceptors (Lipinski definition) is 2. The molecule has 0 atom stereocenters. The molecule has 4 nitrogen and oxygen atoms in total. The van der Waals surface area contributed by atoms with E-state index in [-0.39, 0.29) is 51.7 Å². The molecule has 0 radical (unpaired) electrons. The predicted octanol–water partition coefficient (Wildman–Crippen LogP) is 23.1. The van der Waals surface area contributed by atoms with Gasteiger partial charge in [-0.05, 0) is 62.2 Å². The Morgan fingerprint density at radius 3 is 0.698 bits per heavy atom. The summed E-state index contributed by atoms with van der Waals surface area (Å²) in [4.78, 5) is 10.0. The maximum absolute atomic E-state index is 5.22. The Hall–Kier alpha value is -6.86. The summed E-state index contributed by atoms with van der Waals surface area (Å²) in [6.07, 6.45) is 10.7. The normalized spacial score (nSPS) is 12.7. The Labute approximate surface area is 560 Å². The average Bonchev–Trinajstić information content (AvgIpc) is 2.00. The van der Waals surface area contributed by atoms with Crippen LogP contribution in [-0.2, 0) is 51.7 Å². The Kier molecular flexibility index (Phi) is 38.2. The fourth-order valence-electron chi connectivity index (χ4n) is 8.77. The minimum Gasteiger partial charge on any atom is -0.656 e. The van der Waals surface area contributed by atoms with Gasteiger partial charge in [-0.3, -0.25) is 9.98 Å². The maximum atomic E-state index is 5.22. The van der Waals surface area contributed by atoms with Gasteiger partial charge in [-0.25, -0.2) is 0 Å². The molecule has 0 saturated heterocycles. The Bertz CT molecular complexity index is 2700. The molecule has 8 aromatic rings. The van der Waals surface area contributed by atoms with Gasteiger partial charge in [0.15, 0.2) is 0 Å². The van der Waals surface area contributed by atoms with Crippen molar-refractivity contribution in [1.29, 1.82) is 0 Å². The molecule has 2 aliphatic rings. The Morgan fingerprint density at radius 2 is 0.523 bits per heavy atom. The Balaban J connectivity index is 0.000000451. The van der Waals surface area contributed by atoms with Crippen molar-refractivity contribution >= 4 is 22.8 Å². The minimum absolute atomic E-state index is 0. The average molecular weight is 1470 g/mol. The molecule has 0 saturated carbocycles. The van der Waals surface area contributed by atoms with Gasteiger partial charge in [0.1, 0.15) is 0 Å². The minimum atomic E-state index is 0. The van der Waals surface area contributed by atoms with Crippen molar-refractivity contribution in [2.75, 3.05) is 13.1 Å². The van der Waals surface area contributed by atoms with E-state index in [4.69, 9.17) is 20.6 Å². The van der Waals surface area contributed by atoms with E-state index in [1.54, 1.807) is 0 Å². The van der Waals surface area contributed by atoms with Crippen molar-refractivity contribution in [3.63, 3.8) is 0 Å². The zero-order chi connectivity index (χ0) is 60.9. The third-order valence-corrected chi connectivity index (χ3v) is 13.4. The molecular formula is C80H94Hf2N4-8. The van der Waals surface area contributed by atoms with E-state index in [0.29, 0.717) is 23.7 Å². The van der Waals surface area contributed by atoms with Crippen LogP contribution in [0.25, 0.3) is 10.6 Å². The number of nitrogens with zero attached hydrogens (tertiary/aromatic N) is 4. The van der Waals surface area contributed by atoms with Gasteiger partial charge in [0, 0.05) is 76.2 Å². The maximum Gasteiger partial charge on any atom is 0.0392 e. The first-order valence-corrected chi connectivity index (χ1v) is 29.9. The SMILES string of the molecule is CC(C)c1cccc(C(C)C)c1[N-]C1=CCCC1=NCCCCN=C1CCC=C1[N-]c1c(C(C)C)cccc1C(C)C.[CH2-]c1ccccc1.[CH2-]c1ccccc1.[CH2-]c1ccccc1.[CH2-]c1ccccc1.[CH2-]c1ccccc1.[CH2-]c1ccccc1.[Hf].[Hf]. The van der Waals surface area contributed by atoms with Crippen LogP contribution in [0.5, 0.6) is 0 Å². The van der Waals surface area contributed by atoms with E-state index >= 15 is 0 Å². The summed E-state index contributed by atoms with van der Waals surface area (Å²) in [6, 6.07) is 72.5. The third-order valence-electron chi connectivity index (χ3n) is 13.4.